The van der Waals surface area contributed by atoms with Gasteiger partial charge in [-0.3, -0.25) is 4.79 Å². The van der Waals surface area contributed by atoms with Crippen LogP contribution in [0.2, 0.25) is 0 Å². The second-order valence-electron chi connectivity index (χ2n) is 11.5. The predicted octanol–water partition coefficient (Wildman–Crippen LogP) is 5.84. The van der Waals surface area contributed by atoms with Crippen LogP contribution in [-0.2, 0) is 20.9 Å². The van der Waals surface area contributed by atoms with Gasteiger partial charge in [-0.15, -0.1) is 0 Å². The van der Waals surface area contributed by atoms with Crippen molar-refractivity contribution >= 4 is 17.6 Å². The zero-order chi connectivity index (χ0) is 26.5. The van der Waals surface area contributed by atoms with E-state index in [2.05, 4.69) is 48.3 Å². The fourth-order valence-corrected chi connectivity index (χ4v) is 4.26. The molecule has 1 amide bonds. The summed E-state index contributed by atoms with van der Waals surface area (Å²) in [7, 11) is 0. The molecular formula is C30H42N2O4. The van der Waals surface area contributed by atoms with Gasteiger partial charge in [0.05, 0.1) is 5.92 Å². The van der Waals surface area contributed by atoms with Gasteiger partial charge in [0.1, 0.15) is 11.4 Å². The second kappa shape index (κ2) is 11.4. The molecule has 36 heavy (non-hydrogen) atoms. The minimum absolute atomic E-state index is 0.0727. The van der Waals surface area contributed by atoms with Crippen molar-refractivity contribution in [3.8, 4) is 5.75 Å². The molecule has 6 heteroatoms. The molecule has 1 saturated heterocycles. The number of carbonyl (C=O) groups is 2. The first kappa shape index (κ1) is 27.6. The Kier molecular flexibility index (Phi) is 8.70. The molecule has 3 rings (SSSR count). The monoisotopic (exact) mass is 494 g/mol. The SMILES string of the molecule is CC(C)c1ccc(CNC(=O)[C@H]2CCCN(c3cccc(OC(C)(C)C(=O)OC(C)(C)C)c3)C2)cc1. The summed E-state index contributed by atoms with van der Waals surface area (Å²) in [5.41, 5.74) is 1.69. The number of carbonyl (C=O) groups excluding carboxylic acids is 2. The lowest BCUT2D eigenvalue weighted by Crippen LogP contribution is -2.43. The van der Waals surface area contributed by atoms with Gasteiger partial charge >= 0.3 is 5.97 Å². The van der Waals surface area contributed by atoms with E-state index in [0.29, 0.717) is 24.8 Å². The number of nitrogens with zero attached hydrogens (tertiary/aromatic N) is 1. The van der Waals surface area contributed by atoms with Gasteiger partial charge in [-0.25, -0.2) is 4.79 Å². The second-order valence-corrected chi connectivity index (χ2v) is 11.5. The third kappa shape index (κ3) is 7.74. The molecule has 1 heterocycles. The van der Waals surface area contributed by atoms with E-state index < -0.39 is 17.2 Å². The summed E-state index contributed by atoms with van der Waals surface area (Å²) >= 11 is 0. The van der Waals surface area contributed by atoms with Crippen LogP contribution >= 0.6 is 0 Å². The van der Waals surface area contributed by atoms with E-state index in [9.17, 15) is 9.59 Å². The van der Waals surface area contributed by atoms with Crippen molar-refractivity contribution in [1.29, 1.82) is 0 Å². The summed E-state index contributed by atoms with van der Waals surface area (Å²) < 4.78 is 11.6. The lowest BCUT2D eigenvalue weighted by Gasteiger charge is -2.34. The van der Waals surface area contributed by atoms with E-state index in [1.807, 2.05) is 45.0 Å². The molecule has 1 atom stereocenters. The van der Waals surface area contributed by atoms with Gasteiger partial charge in [-0.2, -0.15) is 0 Å². The zero-order valence-electron chi connectivity index (χ0n) is 22.9. The smallest absolute Gasteiger partial charge is 0.350 e. The van der Waals surface area contributed by atoms with E-state index in [1.54, 1.807) is 13.8 Å². The van der Waals surface area contributed by atoms with Gasteiger partial charge in [-0.1, -0.05) is 44.2 Å². The topological polar surface area (TPSA) is 67.9 Å². The number of anilines is 1. The summed E-state index contributed by atoms with van der Waals surface area (Å²) in [5.74, 6) is 0.699. The minimum atomic E-state index is -1.12. The van der Waals surface area contributed by atoms with E-state index in [4.69, 9.17) is 9.47 Å². The molecule has 0 aromatic heterocycles. The van der Waals surface area contributed by atoms with E-state index in [-0.39, 0.29) is 11.8 Å². The van der Waals surface area contributed by atoms with Gasteiger partial charge in [0.2, 0.25) is 5.91 Å². The predicted molar refractivity (Wildman–Crippen MR) is 144 cm³/mol. The Morgan fingerprint density at radius 3 is 2.39 bits per heavy atom. The normalized spacial score (nSPS) is 16.6. The highest BCUT2D eigenvalue weighted by molar-refractivity contribution is 5.80. The van der Waals surface area contributed by atoms with Crippen LogP contribution in [0.4, 0.5) is 5.69 Å². The number of nitrogens with one attached hydrogen (secondary N) is 1. The van der Waals surface area contributed by atoms with Gasteiger partial charge in [0, 0.05) is 31.4 Å². The lowest BCUT2D eigenvalue weighted by atomic mass is 9.96. The quantitative estimate of drug-likeness (QED) is 0.467. The first-order valence-corrected chi connectivity index (χ1v) is 13.0. The molecule has 1 fully saturated rings. The summed E-state index contributed by atoms with van der Waals surface area (Å²) in [6, 6.07) is 16.2. The molecule has 1 aliphatic rings. The van der Waals surface area contributed by atoms with Crippen LogP contribution in [0.25, 0.3) is 0 Å². The van der Waals surface area contributed by atoms with Gasteiger partial charge in [0.15, 0.2) is 5.60 Å². The fraction of sp³-hybridized carbons (Fsp3) is 0.533. The summed E-state index contributed by atoms with van der Waals surface area (Å²) in [5, 5.41) is 3.12. The highest BCUT2D eigenvalue weighted by Crippen LogP contribution is 2.29. The molecule has 2 aromatic carbocycles. The molecule has 0 unspecified atom stereocenters. The van der Waals surface area contributed by atoms with Crippen LogP contribution < -0.4 is 15.0 Å². The molecule has 0 bridgehead atoms. The Hall–Kier alpha value is -3.02. The number of esters is 1. The highest BCUT2D eigenvalue weighted by Gasteiger charge is 2.35. The van der Waals surface area contributed by atoms with Crippen LogP contribution in [0, 0.1) is 5.92 Å². The molecule has 1 N–H and O–H groups in total. The largest absolute Gasteiger partial charge is 0.476 e. The molecule has 6 nitrogen and oxygen atoms in total. The van der Waals surface area contributed by atoms with E-state index >= 15 is 0 Å². The number of piperidine rings is 1. The number of rotatable bonds is 8. The number of amides is 1. The zero-order valence-corrected chi connectivity index (χ0v) is 22.9. The molecule has 0 radical (unpaired) electrons. The van der Waals surface area contributed by atoms with E-state index in [1.165, 1.54) is 5.56 Å². The van der Waals surface area contributed by atoms with Crippen molar-refractivity contribution in [2.24, 2.45) is 5.92 Å². The number of hydrogen-bond acceptors (Lipinski definition) is 5. The lowest BCUT2D eigenvalue weighted by molar-refractivity contribution is -0.170. The average Bonchev–Trinajstić information content (AvgIpc) is 2.81. The third-order valence-electron chi connectivity index (χ3n) is 6.35. The first-order chi connectivity index (χ1) is 16.8. The molecule has 0 saturated carbocycles. The minimum Gasteiger partial charge on any atom is -0.476 e. The van der Waals surface area contributed by atoms with Crippen LogP contribution in [0.15, 0.2) is 48.5 Å². The van der Waals surface area contributed by atoms with Crippen LogP contribution in [-0.4, -0.2) is 36.2 Å². The van der Waals surface area contributed by atoms with Crippen molar-refractivity contribution in [2.45, 2.75) is 85.0 Å². The molecule has 0 spiro atoms. The molecule has 0 aliphatic carbocycles. The van der Waals surface area contributed by atoms with Gasteiger partial charge in [-0.05, 0) is 76.6 Å². The van der Waals surface area contributed by atoms with Crippen molar-refractivity contribution in [1.82, 2.24) is 5.32 Å². The Bertz CT molecular complexity index is 1040. The molecule has 1 aliphatic heterocycles. The van der Waals surface area contributed by atoms with Crippen molar-refractivity contribution < 1.29 is 19.1 Å². The maximum absolute atomic E-state index is 13.0. The van der Waals surface area contributed by atoms with Gasteiger partial charge in [0.25, 0.3) is 0 Å². The Labute approximate surface area is 216 Å². The molecule has 2 aromatic rings. The van der Waals surface area contributed by atoms with Crippen molar-refractivity contribution in [3.05, 3.63) is 59.7 Å². The Morgan fingerprint density at radius 2 is 1.75 bits per heavy atom. The maximum atomic E-state index is 13.0. The van der Waals surface area contributed by atoms with Gasteiger partial charge < -0.3 is 19.7 Å². The standard InChI is InChI=1S/C30H42N2O4/c1-21(2)23-15-13-22(14-16-23)19-31-27(33)24-10-9-17-32(20-24)25-11-8-12-26(18-25)35-30(6,7)28(34)36-29(3,4)5/h8,11-16,18,21,24H,9-10,17,19-20H2,1-7H3,(H,31,33)/t24-/m0/s1. The highest BCUT2D eigenvalue weighted by atomic mass is 16.6. The van der Waals surface area contributed by atoms with Crippen molar-refractivity contribution in [3.63, 3.8) is 0 Å². The fourth-order valence-electron chi connectivity index (χ4n) is 4.26. The first-order valence-electron chi connectivity index (χ1n) is 13.0. The average molecular weight is 495 g/mol. The number of benzene rings is 2. The summed E-state index contributed by atoms with van der Waals surface area (Å²) in [4.78, 5) is 27.8. The van der Waals surface area contributed by atoms with Crippen LogP contribution in [0.5, 0.6) is 5.75 Å². The van der Waals surface area contributed by atoms with E-state index in [0.717, 1.165) is 30.6 Å². The Morgan fingerprint density at radius 1 is 1.06 bits per heavy atom. The number of ether oxygens (including phenoxy) is 2. The third-order valence-corrected chi connectivity index (χ3v) is 6.35. The summed E-state index contributed by atoms with van der Waals surface area (Å²) in [6.07, 6.45) is 1.81. The Balaban J connectivity index is 1.59. The number of hydrogen-bond donors (Lipinski definition) is 1. The molecular weight excluding hydrogens is 452 g/mol. The maximum Gasteiger partial charge on any atom is 0.350 e. The van der Waals surface area contributed by atoms with Crippen LogP contribution in [0.1, 0.15) is 78.4 Å². The molecule has 196 valence electrons. The summed E-state index contributed by atoms with van der Waals surface area (Å²) in [6.45, 7) is 15.4. The van der Waals surface area contributed by atoms with Crippen molar-refractivity contribution in [2.75, 3.05) is 18.0 Å². The van der Waals surface area contributed by atoms with Crippen LogP contribution in [0.3, 0.4) is 0 Å².